The molecule has 12 heteroatoms. The smallest absolute Gasteiger partial charge is 0.157 e. The topological polar surface area (TPSA) is 111 Å². The summed E-state index contributed by atoms with van der Waals surface area (Å²) in [5.41, 5.74) is -0.822. The molecule has 3 heterocycles. The summed E-state index contributed by atoms with van der Waals surface area (Å²) < 4.78 is 69.4. The Balaban J connectivity index is 1.42. The zero-order valence-corrected chi connectivity index (χ0v) is 24.2. The van der Waals surface area contributed by atoms with Gasteiger partial charge in [-0.05, 0) is 38.5 Å². The SMILES string of the molecule is C1CCC(OCCOCCOC2(COCCOC3CCCCO3)COCCOCCOCCOCCOC2)OC1. The quantitative estimate of drug-likeness (QED) is 0.280. The molecule has 0 radical (unpaired) electrons. The fraction of sp³-hybridized carbons (Fsp3) is 1.00. The van der Waals surface area contributed by atoms with Gasteiger partial charge in [0.25, 0.3) is 0 Å². The lowest BCUT2D eigenvalue weighted by Crippen LogP contribution is -2.48. The second kappa shape index (κ2) is 23.0. The zero-order chi connectivity index (χ0) is 27.8. The molecule has 3 fully saturated rings. The fourth-order valence-corrected chi connectivity index (χ4v) is 4.38. The monoisotopic (exact) mass is 580 g/mol. The molecule has 3 rings (SSSR count). The number of ether oxygens (including phenoxy) is 12. The van der Waals surface area contributed by atoms with Crippen LogP contribution >= 0.6 is 0 Å². The molecule has 236 valence electrons. The van der Waals surface area contributed by atoms with Crippen LogP contribution in [0.5, 0.6) is 0 Å². The second-order valence-corrected chi connectivity index (χ2v) is 9.97. The zero-order valence-electron chi connectivity index (χ0n) is 24.2. The van der Waals surface area contributed by atoms with Gasteiger partial charge in [0.15, 0.2) is 12.6 Å². The molecule has 12 nitrogen and oxygen atoms in total. The van der Waals surface area contributed by atoms with Crippen molar-refractivity contribution in [3.63, 3.8) is 0 Å². The van der Waals surface area contributed by atoms with E-state index < -0.39 is 5.60 Å². The first kappa shape index (κ1) is 34.0. The van der Waals surface area contributed by atoms with E-state index in [0.717, 1.165) is 51.7 Å². The molecule has 3 aliphatic rings. The van der Waals surface area contributed by atoms with E-state index in [0.29, 0.717) is 92.5 Å². The van der Waals surface area contributed by atoms with Gasteiger partial charge >= 0.3 is 0 Å². The highest BCUT2D eigenvalue weighted by Crippen LogP contribution is 2.17. The highest BCUT2D eigenvalue weighted by Gasteiger charge is 2.33. The van der Waals surface area contributed by atoms with Crippen molar-refractivity contribution >= 4 is 0 Å². The van der Waals surface area contributed by atoms with Gasteiger partial charge in [0.1, 0.15) is 5.60 Å². The van der Waals surface area contributed by atoms with Gasteiger partial charge in [0.2, 0.25) is 0 Å². The van der Waals surface area contributed by atoms with Crippen molar-refractivity contribution in [1.82, 2.24) is 0 Å². The van der Waals surface area contributed by atoms with Crippen molar-refractivity contribution in [2.45, 2.75) is 56.7 Å². The Morgan fingerprint density at radius 1 is 0.475 bits per heavy atom. The Hall–Kier alpha value is -0.480. The molecule has 3 aliphatic heterocycles. The molecule has 40 heavy (non-hydrogen) atoms. The first-order valence-electron chi connectivity index (χ1n) is 15.0. The first-order valence-corrected chi connectivity index (χ1v) is 15.0. The molecule has 0 aromatic rings. The Morgan fingerprint density at radius 2 is 0.950 bits per heavy atom. The Morgan fingerprint density at radius 3 is 1.45 bits per heavy atom. The van der Waals surface area contributed by atoms with Crippen LogP contribution in [0, 0.1) is 0 Å². The molecule has 0 bridgehead atoms. The van der Waals surface area contributed by atoms with Crippen LogP contribution in [0.4, 0.5) is 0 Å². The Bertz CT molecular complexity index is 555. The van der Waals surface area contributed by atoms with Gasteiger partial charge in [-0.2, -0.15) is 0 Å². The van der Waals surface area contributed by atoms with Gasteiger partial charge in [-0.3, -0.25) is 0 Å². The fourth-order valence-electron chi connectivity index (χ4n) is 4.38. The average Bonchev–Trinajstić information content (AvgIpc) is 2.99. The molecule has 0 N–H and O–H groups in total. The van der Waals surface area contributed by atoms with Crippen molar-refractivity contribution in [1.29, 1.82) is 0 Å². The summed E-state index contributed by atoms with van der Waals surface area (Å²) in [6.45, 7) is 8.76. The number of hydrogen-bond acceptors (Lipinski definition) is 12. The maximum atomic E-state index is 6.34. The summed E-state index contributed by atoms with van der Waals surface area (Å²) in [7, 11) is 0. The molecule has 0 amide bonds. The summed E-state index contributed by atoms with van der Waals surface area (Å²) in [4.78, 5) is 0. The Kier molecular flexibility index (Phi) is 19.6. The van der Waals surface area contributed by atoms with Crippen molar-refractivity contribution in [3.05, 3.63) is 0 Å². The van der Waals surface area contributed by atoms with Gasteiger partial charge in [-0.25, -0.2) is 0 Å². The van der Waals surface area contributed by atoms with Crippen LogP contribution in [0.1, 0.15) is 38.5 Å². The van der Waals surface area contributed by atoms with Gasteiger partial charge in [0, 0.05) is 13.2 Å². The molecule has 0 aromatic carbocycles. The van der Waals surface area contributed by atoms with Crippen LogP contribution in [0.2, 0.25) is 0 Å². The third-order valence-electron chi connectivity index (χ3n) is 6.56. The minimum atomic E-state index is -0.822. The summed E-state index contributed by atoms with van der Waals surface area (Å²) in [5.74, 6) is 0. The van der Waals surface area contributed by atoms with Crippen LogP contribution < -0.4 is 0 Å². The lowest BCUT2D eigenvalue weighted by atomic mass is 10.1. The predicted octanol–water partition coefficient (Wildman–Crippen LogP) is 1.96. The van der Waals surface area contributed by atoms with E-state index in [2.05, 4.69) is 0 Å². The highest BCUT2D eigenvalue weighted by atomic mass is 16.7. The van der Waals surface area contributed by atoms with Crippen molar-refractivity contribution in [2.75, 3.05) is 126 Å². The van der Waals surface area contributed by atoms with E-state index in [9.17, 15) is 0 Å². The summed E-state index contributed by atoms with van der Waals surface area (Å²) in [5, 5.41) is 0. The van der Waals surface area contributed by atoms with E-state index >= 15 is 0 Å². The molecular formula is C28H52O12. The Labute approximate surface area is 239 Å². The second-order valence-electron chi connectivity index (χ2n) is 9.97. The van der Waals surface area contributed by atoms with Gasteiger partial charge in [-0.1, -0.05) is 0 Å². The minimum absolute atomic E-state index is 0.115. The average molecular weight is 581 g/mol. The van der Waals surface area contributed by atoms with E-state index in [1.165, 1.54) is 0 Å². The van der Waals surface area contributed by atoms with Crippen molar-refractivity contribution in [3.8, 4) is 0 Å². The summed E-state index contributed by atoms with van der Waals surface area (Å²) in [6.07, 6.45) is 6.05. The maximum absolute atomic E-state index is 6.34. The van der Waals surface area contributed by atoms with E-state index in [-0.39, 0.29) is 32.4 Å². The van der Waals surface area contributed by atoms with Crippen LogP contribution in [0.25, 0.3) is 0 Å². The van der Waals surface area contributed by atoms with Crippen molar-refractivity contribution < 1.29 is 56.8 Å². The van der Waals surface area contributed by atoms with Crippen LogP contribution in [-0.2, 0) is 56.8 Å². The molecule has 0 aromatic heterocycles. The molecule has 3 saturated heterocycles. The third-order valence-corrected chi connectivity index (χ3v) is 6.56. The molecule has 0 spiro atoms. The molecule has 2 atom stereocenters. The van der Waals surface area contributed by atoms with E-state index in [1.54, 1.807) is 0 Å². The number of rotatable bonds is 14. The summed E-state index contributed by atoms with van der Waals surface area (Å²) in [6, 6.07) is 0. The van der Waals surface area contributed by atoms with Gasteiger partial charge in [0.05, 0.1) is 112 Å². The van der Waals surface area contributed by atoms with Gasteiger partial charge < -0.3 is 56.8 Å². The molecule has 2 unspecified atom stereocenters. The van der Waals surface area contributed by atoms with Crippen LogP contribution in [-0.4, -0.2) is 144 Å². The van der Waals surface area contributed by atoms with Gasteiger partial charge in [-0.15, -0.1) is 0 Å². The largest absolute Gasteiger partial charge is 0.377 e. The van der Waals surface area contributed by atoms with Crippen LogP contribution in [0.3, 0.4) is 0 Å². The normalized spacial score (nSPS) is 26.4. The maximum Gasteiger partial charge on any atom is 0.157 e. The third kappa shape index (κ3) is 16.2. The van der Waals surface area contributed by atoms with E-state index in [1.807, 2.05) is 0 Å². The molecule has 0 aliphatic carbocycles. The number of hydrogen-bond donors (Lipinski definition) is 0. The van der Waals surface area contributed by atoms with Crippen molar-refractivity contribution in [2.24, 2.45) is 0 Å². The molecular weight excluding hydrogens is 528 g/mol. The predicted molar refractivity (Wildman–Crippen MR) is 144 cm³/mol. The molecule has 0 saturated carbocycles. The highest BCUT2D eigenvalue weighted by molar-refractivity contribution is 4.81. The lowest BCUT2D eigenvalue weighted by Gasteiger charge is -2.33. The van der Waals surface area contributed by atoms with E-state index in [4.69, 9.17) is 56.8 Å². The van der Waals surface area contributed by atoms with Crippen LogP contribution in [0.15, 0.2) is 0 Å². The minimum Gasteiger partial charge on any atom is -0.377 e. The lowest BCUT2D eigenvalue weighted by molar-refractivity contribution is -0.193. The summed E-state index contributed by atoms with van der Waals surface area (Å²) >= 11 is 0. The standard InChI is InChI=1S/C28H52O12/c1-3-7-36-26(5-1)38-20-17-32-19-22-40-28(25-35-18-21-39-27-6-2-4-8-37-27)23-33-15-13-30-11-9-29-10-12-31-14-16-34-24-28/h26-27H,1-25H2. The first-order chi connectivity index (χ1) is 19.9.